The molecule has 2 heterocycles. The van der Waals surface area contributed by atoms with Gasteiger partial charge in [-0.15, -0.1) is 5.10 Å². The van der Waals surface area contributed by atoms with Crippen molar-refractivity contribution in [3.8, 4) is 0 Å². The molecule has 106 valence electrons. The van der Waals surface area contributed by atoms with Crippen LogP contribution >= 0.6 is 11.5 Å². The van der Waals surface area contributed by atoms with Gasteiger partial charge < -0.3 is 10.1 Å². The first kappa shape index (κ1) is 14.5. The van der Waals surface area contributed by atoms with E-state index in [1.807, 2.05) is 0 Å². The Morgan fingerprint density at radius 1 is 1.47 bits per heavy atom. The fourth-order valence-corrected chi connectivity index (χ4v) is 3.10. The summed E-state index contributed by atoms with van der Waals surface area (Å²) in [7, 11) is 0. The van der Waals surface area contributed by atoms with Crippen molar-refractivity contribution < 1.29 is 4.74 Å². The number of aromatic nitrogens is 2. The SMILES string of the molecule is CCCNC(C1=CCCO1)c1snnc1C(C)(C)C. The van der Waals surface area contributed by atoms with Crippen LogP contribution in [0.4, 0.5) is 0 Å². The van der Waals surface area contributed by atoms with Crippen molar-refractivity contribution in [3.05, 3.63) is 22.4 Å². The van der Waals surface area contributed by atoms with Crippen LogP contribution < -0.4 is 5.32 Å². The highest BCUT2D eigenvalue weighted by atomic mass is 32.1. The molecule has 2 rings (SSSR count). The number of hydrogen-bond acceptors (Lipinski definition) is 5. The third-order valence-corrected chi connectivity index (χ3v) is 3.89. The normalized spacial score (nSPS) is 17.2. The summed E-state index contributed by atoms with van der Waals surface area (Å²) in [6.45, 7) is 10.4. The summed E-state index contributed by atoms with van der Waals surface area (Å²) >= 11 is 1.48. The maximum absolute atomic E-state index is 5.75. The number of hydrogen-bond donors (Lipinski definition) is 1. The molecule has 0 fully saturated rings. The zero-order chi connectivity index (χ0) is 13.9. The van der Waals surface area contributed by atoms with Gasteiger partial charge in [0, 0.05) is 11.8 Å². The molecule has 0 spiro atoms. The van der Waals surface area contributed by atoms with Gasteiger partial charge in [0.2, 0.25) is 0 Å². The largest absolute Gasteiger partial charge is 0.496 e. The van der Waals surface area contributed by atoms with Crippen molar-refractivity contribution in [1.82, 2.24) is 14.9 Å². The zero-order valence-corrected chi connectivity index (χ0v) is 13.0. The molecule has 0 saturated carbocycles. The van der Waals surface area contributed by atoms with Crippen LogP contribution in [0, 0.1) is 0 Å². The lowest BCUT2D eigenvalue weighted by Crippen LogP contribution is -2.26. The molecule has 1 N–H and O–H groups in total. The number of rotatable bonds is 5. The van der Waals surface area contributed by atoms with Crippen LogP contribution in [0.5, 0.6) is 0 Å². The fourth-order valence-electron chi connectivity index (χ4n) is 2.16. The summed E-state index contributed by atoms with van der Waals surface area (Å²) < 4.78 is 9.91. The lowest BCUT2D eigenvalue weighted by molar-refractivity contribution is 0.215. The molecule has 1 aromatic rings. The monoisotopic (exact) mass is 281 g/mol. The first-order valence-corrected chi connectivity index (χ1v) is 7.70. The molecule has 0 aliphatic carbocycles. The lowest BCUT2D eigenvalue weighted by atomic mass is 9.89. The van der Waals surface area contributed by atoms with Gasteiger partial charge in [-0.1, -0.05) is 32.2 Å². The molecule has 0 saturated heterocycles. The van der Waals surface area contributed by atoms with Crippen LogP contribution in [0.25, 0.3) is 0 Å². The van der Waals surface area contributed by atoms with Crippen LogP contribution in [0.15, 0.2) is 11.8 Å². The molecule has 0 aromatic carbocycles. The van der Waals surface area contributed by atoms with Crippen LogP contribution in [-0.2, 0) is 10.2 Å². The Morgan fingerprint density at radius 3 is 2.84 bits per heavy atom. The molecule has 1 unspecified atom stereocenters. The maximum Gasteiger partial charge on any atom is 0.115 e. The third-order valence-electron chi connectivity index (χ3n) is 3.10. The summed E-state index contributed by atoms with van der Waals surface area (Å²) in [6.07, 6.45) is 4.27. The summed E-state index contributed by atoms with van der Waals surface area (Å²) in [5, 5.41) is 7.90. The van der Waals surface area contributed by atoms with Gasteiger partial charge in [0.25, 0.3) is 0 Å². The van der Waals surface area contributed by atoms with E-state index in [9.17, 15) is 0 Å². The number of ether oxygens (including phenoxy) is 1. The van der Waals surface area contributed by atoms with Gasteiger partial charge in [0.1, 0.15) is 11.8 Å². The first-order chi connectivity index (χ1) is 9.04. The van der Waals surface area contributed by atoms with Crippen molar-refractivity contribution >= 4 is 11.5 Å². The number of nitrogens with zero attached hydrogens (tertiary/aromatic N) is 2. The summed E-state index contributed by atoms with van der Waals surface area (Å²) in [5.74, 6) is 1.03. The van der Waals surface area contributed by atoms with Gasteiger partial charge >= 0.3 is 0 Å². The maximum atomic E-state index is 5.75. The second-order valence-electron chi connectivity index (χ2n) is 5.87. The molecule has 1 aromatic heterocycles. The molecule has 0 amide bonds. The molecule has 0 bridgehead atoms. The quantitative estimate of drug-likeness (QED) is 0.900. The summed E-state index contributed by atoms with van der Waals surface area (Å²) in [4.78, 5) is 1.19. The molecular weight excluding hydrogens is 258 g/mol. The Balaban J connectivity index is 2.30. The van der Waals surface area contributed by atoms with E-state index < -0.39 is 0 Å². The molecule has 5 heteroatoms. The summed E-state index contributed by atoms with van der Waals surface area (Å²) in [6, 6.07) is 0.108. The Morgan fingerprint density at radius 2 is 2.26 bits per heavy atom. The minimum absolute atomic E-state index is 0.00758. The average Bonchev–Trinajstić information content (AvgIpc) is 2.99. The molecule has 1 atom stereocenters. The van der Waals surface area contributed by atoms with Gasteiger partial charge in [0.15, 0.2) is 0 Å². The Kier molecular flexibility index (Phi) is 4.58. The van der Waals surface area contributed by atoms with Gasteiger partial charge in [-0.25, -0.2) is 0 Å². The van der Waals surface area contributed by atoms with Crippen LogP contribution in [-0.4, -0.2) is 22.7 Å². The predicted octanol–water partition coefficient (Wildman–Crippen LogP) is 3.18. The third kappa shape index (κ3) is 3.34. The van der Waals surface area contributed by atoms with E-state index in [0.29, 0.717) is 0 Å². The standard InChI is InChI=1S/C14H23N3OS/c1-5-8-15-11(10-7-6-9-18-10)12-13(14(2,3)4)16-17-19-12/h7,11,15H,5-6,8-9H2,1-4H3. The first-order valence-electron chi connectivity index (χ1n) is 6.93. The Hall–Kier alpha value is -0.940. The highest BCUT2D eigenvalue weighted by Crippen LogP contribution is 2.35. The number of nitrogens with one attached hydrogen (secondary N) is 1. The van der Waals surface area contributed by atoms with Gasteiger partial charge in [-0.2, -0.15) is 0 Å². The Labute approximate surface area is 119 Å². The van der Waals surface area contributed by atoms with Gasteiger partial charge in [0.05, 0.1) is 17.2 Å². The van der Waals surface area contributed by atoms with Crippen molar-refractivity contribution in [2.75, 3.05) is 13.2 Å². The van der Waals surface area contributed by atoms with E-state index in [-0.39, 0.29) is 11.5 Å². The van der Waals surface area contributed by atoms with Crippen LogP contribution in [0.1, 0.15) is 57.1 Å². The van der Waals surface area contributed by atoms with Gasteiger partial charge in [-0.3, -0.25) is 0 Å². The van der Waals surface area contributed by atoms with E-state index in [2.05, 4.69) is 48.7 Å². The van der Waals surface area contributed by atoms with Crippen molar-refractivity contribution in [1.29, 1.82) is 0 Å². The van der Waals surface area contributed by atoms with Crippen molar-refractivity contribution in [2.45, 2.75) is 52.0 Å². The molecule has 1 aliphatic rings. The minimum atomic E-state index is 0.00758. The van der Waals surface area contributed by atoms with Crippen LogP contribution in [0.2, 0.25) is 0 Å². The van der Waals surface area contributed by atoms with E-state index in [4.69, 9.17) is 4.74 Å². The Bertz CT molecular complexity index is 448. The van der Waals surface area contributed by atoms with E-state index in [0.717, 1.165) is 37.4 Å². The topological polar surface area (TPSA) is 47.0 Å². The fraction of sp³-hybridized carbons (Fsp3) is 0.714. The van der Waals surface area contributed by atoms with Crippen LogP contribution in [0.3, 0.4) is 0 Å². The van der Waals surface area contributed by atoms with Crippen molar-refractivity contribution in [3.63, 3.8) is 0 Å². The second-order valence-corrected chi connectivity index (χ2v) is 6.65. The molecular formula is C14H23N3OS. The highest BCUT2D eigenvalue weighted by molar-refractivity contribution is 7.05. The predicted molar refractivity (Wildman–Crippen MR) is 78.3 cm³/mol. The highest BCUT2D eigenvalue weighted by Gasteiger charge is 2.30. The minimum Gasteiger partial charge on any atom is -0.496 e. The lowest BCUT2D eigenvalue weighted by Gasteiger charge is -2.23. The molecule has 19 heavy (non-hydrogen) atoms. The summed E-state index contributed by atoms with van der Waals surface area (Å²) in [5.41, 5.74) is 1.08. The van der Waals surface area contributed by atoms with E-state index in [1.54, 1.807) is 0 Å². The smallest absolute Gasteiger partial charge is 0.115 e. The van der Waals surface area contributed by atoms with E-state index in [1.165, 1.54) is 16.4 Å². The molecule has 4 nitrogen and oxygen atoms in total. The van der Waals surface area contributed by atoms with Crippen molar-refractivity contribution in [2.24, 2.45) is 0 Å². The average molecular weight is 281 g/mol. The second kappa shape index (κ2) is 6.01. The zero-order valence-electron chi connectivity index (χ0n) is 12.2. The molecule has 0 radical (unpaired) electrons. The van der Waals surface area contributed by atoms with E-state index >= 15 is 0 Å². The molecule has 1 aliphatic heterocycles. The van der Waals surface area contributed by atoms with Gasteiger partial charge in [-0.05, 0) is 30.6 Å².